The summed E-state index contributed by atoms with van der Waals surface area (Å²) in [6.07, 6.45) is 9.73. The van der Waals surface area contributed by atoms with Crippen molar-refractivity contribution in [2.75, 3.05) is 18.4 Å². The summed E-state index contributed by atoms with van der Waals surface area (Å²) in [7, 11) is -3.43. The predicted molar refractivity (Wildman–Crippen MR) is 119 cm³/mol. The van der Waals surface area contributed by atoms with Gasteiger partial charge in [-0.05, 0) is 68.0 Å². The SMILES string of the molecule is Cc1ccc(C2Nc3ccc(S(=O)(=O)N4CCCCCC4)cc3C3C=CCC32)s1. The zero-order chi connectivity index (χ0) is 20.0. The fourth-order valence-electron chi connectivity index (χ4n) is 5.07. The molecule has 154 valence electrons. The van der Waals surface area contributed by atoms with Crippen molar-refractivity contribution in [1.82, 2.24) is 4.31 Å². The first-order valence-corrected chi connectivity index (χ1v) is 12.9. The monoisotopic (exact) mass is 428 g/mol. The van der Waals surface area contributed by atoms with Crippen LogP contribution in [0.25, 0.3) is 0 Å². The van der Waals surface area contributed by atoms with Crippen molar-refractivity contribution in [2.45, 2.75) is 55.9 Å². The molecule has 4 nitrogen and oxygen atoms in total. The molecule has 1 aliphatic carbocycles. The number of aryl methyl sites for hydroxylation is 1. The van der Waals surface area contributed by atoms with E-state index in [2.05, 4.69) is 36.5 Å². The molecule has 2 aliphatic heterocycles. The number of benzene rings is 1. The molecule has 1 fully saturated rings. The fraction of sp³-hybridized carbons (Fsp3) is 0.478. The van der Waals surface area contributed by atoms with Gasteiger partial charge in [-0.25, -0.2) is 8.42 Å². The van der Waals surface area contributed by atoms with Crippen molar-refractivity contribution in [3.05, 3.63) is 57.8 Å². The van der Waals surface area contributed by atoms with Crippen LogP contribution in [0, 0.1) is 12.8 Å². The van der Waals surface area contributed by atoms with E-state index >= 15 is 0 Å². The van der Waals surface area contributed by atoms with Gasteiger partial charge in [-0.3, -0.25) is 0 Å². The van der Waals surface area contributed by atoms with Crippen LogP contribution in [0.3, 0.4) is 0 Å². The van der Waals surface area contributed by atoms with Crippen LogP contribution in [-0.2, 0) is 10.0 Å². The Hall–Kier alpha value is -1.63. The van der Waals surface area contributed by atoms with Gasteiger partial charge in [0.05, 0.1) is 10.9 Å². The summed E-state index contributed by atoms with van der Waals surface area (Å²) in [6.45, 7) is 3.43. The maximum atomic E-state index is 13.3. The molecule has 0 saturated carbocycles. The molecule has 1 N–H and O–H groups in total. The van der Waals surface area contributed by atoms with Gasteiger partial charge in [0.25, 0.3) is 0 Å². The predicted octanol–water partition coefficient (Wildman–Crippen LogP) is 5.45. The molecule has 5 rings (SSSR count). The topological polar surface area (TPSA) is 49.4 Å². The van der Waals surface area contributed by atoms with Crippen molar-refractivity contribution in [3.8, 4) is 0 Å². The van der Waals surface area contributed by atoms with Crippen LogP contribution in [0.4, 0.5) is 5.69 Å². The van der Waals surface area contributed by atoms with Gasteiger partial charge in [0.15, 0.2) is 0 Å². The van der Waals surface area contributed by atoms with Crippen LogP contribution in [0.15, 0.2) is 47.4 Å². The maximum Gasteiger partial charge on any atom is 0.243 e. The number of allylic oxidation sites excluding steroid dienone is 2. The Balaban J connectivity index is 1.50. The van der Waals surface area contributed by atoms with Gasteiger partial charge < -0.3 is 5.32 Å². The zero-order valence-electron chi connectivity index (χ0n) is 16.8. The molecule has 0 radical (unpaired) electrons. The molecule has 0 bridgehead atoms. The van der Waals surface area contributed by atoms with Gasteiger partial charge in [0.1, 0.15) is 0 Å². The second kappa shape index (κ2) is 7.56. The van der Waals surface area contributed by atoms with Crippen LogP contribution >= 0.6 is 11.3 Å². The highest BCUT2D eigenvalue weighted by Gasteiger charge is 2.39. The minimum Gasteiger partial charge on any atom is -0.377 e. The van der Waals surface area contributed by atoms with E-state index in [9.17, 15) is 8.42 Å². The minimum atomic E-state index is -3.43. The summed E-state index contributed by atoms with van der Waals surface area (Å²) in [4.78, 5) is 3.14. The molecule has 1 aromatic heterocycles. The third-order valence-corrected chi connectivity index (χ3v) is 9.58. The molecule has 3 aliphatic rings. The first kappa shape index (κ1) is 19.3. The second-order valence-corrected chi connectivity index (χ2v) is 11.7. The summed E-state index contributed by atoms with van der Waals surface area (Å²) in [5.41, 5.74) is 2.20. The molecule has 6 heteroatoms. The fourth-order valence-corrected chi connectivity index (χ4v) is 7.62. The van der Waals surface area contributed by atoms with Crippen molar-refractivity contribution in [2.24, 2.45) is 5.92 Å². The number of anilines is 1. The highest BCUT2D eigenvalue weighted by Crippen LogP contribution is 2.51. The Morgan fingerprint density at radius 3 is 2.59 bits per heavy atom. The zero-order valence-corrected chi connectivity index (χ0v) is 18.4. The van der Waals surface area contributed by atoms with E-state index in [4.69, 9.17) is 0 Å². The van der Waals surface area contributed by atoms with Crippen LogP contribution < -0.4 is 5.32 Å². The van der Waals surface area contributed by atoms with Crippen molar-refractivity contribution < 1.29 is 8.42 Å². The summed E-state index contributed by atoms with van der Waals surface area (Å²) >= 11 is 1.85. The molecule has 3 unspecified atom stereocenters. The number of fused-ring (bicyclic) bond motifs is 3. The number of nitrogens with zero attached hydrogens (tertiary/aromatic N) is 1. The minimum absolute atomic E-state index is 0.276. The van der Waals surface area contributed by atoms with Crippen molar-refractivity contribution in [1.29, 1.82) is 0 Å². The number of thiophene rings is 1. The molecule has 1 aromatic carbocycles. The van der Waals surface area contributed by atoms with Crippen LogP contribution in [0.2, 0.25) is 0 Å². The maximum absolute atomic E-state index is 13.3. The molecule has 0 amide bonds. The van der Waals surface area contributed by atoms with E-state index in [-0.39, 0.29) is 12.0 Å². The lowest BCUT2D eigenvalue weighted by molar-refractivity contribution is 0.421. The average molecular weight is 429 g/mol. The molecular weight excluding hydrogens is 400 g/mol. The van der Waals surface area contributed by atoms with Crippen molar-refractivity contribution in [3.63, 3.8) is 0 Å². The smallest absolute Gasteiger partial charge is 0.243 e. The average Bonchev–Trinajstić information content (AvgIpc) is 3.28. The number of sulfonamides is 1. The normalized spacial score (nSPS) is 27.1. The van der Waals surface area contributed by atoms with E-state index in [1.807, 2.05) is 23.5 Å². The summed E-state index contributed by atoms with van der Waals surface area (Å²) in [5.74, 6) is 0.717. The van der Waals surface area contributed by atoms with E-state index < -0.39 is 10.0 Å². The molecule has 1 saturated heterocycles. The molecule has 2 aromatic rings. The van der Waals surface area contributed by atoms with Crippen LogP contribution in [0.1, 0.15) is 59.4 Å². The summed E-state index contributed by atoms with van der Waals surface area (Å²) in [6, 6.07) is 10.4. The van der Waals surface area contributed by atoms with Gasteiger partial charge in [-0.2, -0.15) is 4.31 Å². The Kier molecular flexibility index (Phi) is 5.04. The Morgan fingerprint density at radius 1 is 1.07 bits per heavy atom. The number of hydrogen-bond donors (Lipinski definition) is 1. The Morgan fingerprint density at radius 2 is 1.86 bits per heavy atom. The summed E-state index contributed by atoms with van der Waals surface area (Å²) in [5, 5.41) is 3.73. The molecular formula is C23H28N2O2S2. The third kappa shape index (κ3) is 3.45. The lowest BCUT2D eigenvalue weighted by Crippen LogP contribution is -2.32. The van der Waals surface area contributed by atoms with Gasteiger partial charge >= 0.3 is 0 Å². The van der Waals surface area contributed by atoms with E-state index in [1.165, 1.54) is 9.75 Å². The van der Waals surface area contributed by atoms with Crippen molar-refractivity contribution >= 4 is 27.0 Å². The van der Waals surface area contributed by atoms with E-state index in [1.54, 1.807) is 10.4 Å². The Bertz CT molecular complexity index is 1030. The lowest BCUT2D eigenvalue weighted by atomic mass is 9.79. The van der Waals surface area contributed by atoms with Gasteiger partial charge in [-0.1, -0.05) is 25.0 Å². The highest BCUT2D eigenvalue weighted by molar-refractivity contribution is 7.89. The van der Waals surface area contributed by atoms with Gasteiger partial charge in [0, 0.05) is 34.4 Å². The van der Waals surface area contributed by atoms with Gasteiger partial charge in [-0.15, -0.1) is 11.3 Å². The van der Waals surface area contributed by atoms with Gasteiger partial charge in [0.2, 0.25) is 10.0 Å². The number of hydrogen-bond acceptors (Lipinski definition) is 4. The second-order valence-electron chi connectivity index (χ2n) is 8.49. The molecule has 3 heterocycles. The first-order chi connectivity index (χ1) is 14.0. The first-order valence-electron chi connectivity index (χ1n) is 10.7. The van der Waals surface area contributed by atoms with E-state index in [0.29, 0.717) is 23.9 Å². The molecule has 3 atom stereocenters. The molecule has 29 heavy (non-hydrogen) atoms. The van der Waals surface area contributed by atoms with E-state index in [0.717, 1.165) is 43.4 Å². The van der Waals surface area contributed by atoms with Crippen LogP contribution in [-0.4, -0.2) is 25.8 Å². The largest absolute Gasteiger partial charge is 0.377 e. The number of rotatable bonds is 3. The summed E-state index contributed by atoms with van der Waals surface area (Å²) < 4.78 is 28.3. The molecule has 0 spiro atoms. The number of nitrogens with one attached hydrogen (secondary N) is 1. The lowest BCUT2D eigenvalue weighted by Gasteiger charge is -2.37. The quantitative estimate of drug-likeness (QED) is 0.662. The van der Waals surface area contributed by atoms with Crippen LogP contribution in [0.5, 0.6) is 0 Å². The highest BCUT2D eigenvalue weighted by atomic mass is 32.2. The standard InChI is InChI=1S/C23H28N2O2S2/c1-16-9-12-22(28-16)23-19-8-6-7-18(19)20-15-17(10-11-21(20)24-23)29(26,27)25-13-4-2-3-5-14-25/h6-7,9-12,15,18-19,23-24H,2-5,8,13-14H2,1H3. The Labute approximate surface area is 177 Å². The third-order valence-electron chi connectivity index (χ3n) is 6.60.